The highest BCUT2D eigenvalue weighted by Crippen LogP contribution is 2.18. The fourth-order valence-electron chi connectivity index (χ4n) is 1.86. The predicted molar refractivity (Wildman–Crippen MR) is 74.3 cm³/mol. The Bertz CT molecular complexity index is 368. The molecule has 92 valence electrons. The minimum absolute atomic E-state index is 0.128. The Morgan fingerprint density at radius 3 is 3.12 bits per heavy atom. The van der Waals surface area contributed by atoms with Crippen LogP contribution in [0.2, 0.25) is 6.32 Å². The van der Waals surface area contributed by atoms with Crippen molar-refractivity contribution in [2.45, 2.75) is 32.2 Å². The molecule has 0 aromatic heterocycles. The molecule has 1 heterocycles. The Morgan fingerprint density at radius 2 is 2.24 bits per heavy atom. The maximum Gasteiger partial charge on any atom is 0.457 e. The second kappa shape index (κ2) is 6.71. The van der Waals surface area contributed by atoms with Crippen LogP contribution in [0.25, 0.3) is 0 Å². The molecule has 1 aliphatic heterocycles. The molecule has 0 amide bonds. The third-order valence-corrected chi connectivity index (χ3v) is 3.87. The van der Waals surface area contributed by atoms with Gasteiger partial charge >= 0.3 is 7.12 Å². The molecule has 2 rings (SSSR count). The molecule has 1 saturated heterocycles. The molecule has 1 fully saturated rings. The van der Waals surface area contributed by atoms with Gasteiger partial charge in [0.15, 0.2) is 0 Å². The minimum Gasteiger partial charge on any atom is -0.411 e. The number of rotatable bonds is 3. The van der Waals surface area contributed by atoms with Crippen LogP contribution in [0.3, 0.4) is 0 Å². The maximum absolute atomic E-state index is 13.1. The summed E-state index contributed by atoms with van der Waals surface area (Å²) in [5.74, 6) is -0.217. The topological polar surface area (TPSA) is 18.5 Å². The zero-order valence-corrected chi connectivity index (χ0v) is 11.8. The van der Waals surface area contributed by atoms with Crippen LogP contribution >= 0.6 is 22.6 Å². The molecular weight excluding hydrogens is 333 g/mol. The van der Waals surface area contributed by atoms with Crippen LogP contribution in [0, 0.1) is 9.39 Å². The smallest absolute Gasteiger partial charge is 0.411 e. The summed E-state index contributed by atoms with van der Waals surface area (Å²) in [6.45, 7) is 1.19. The first-order valence-corrected chi connectivity index (χ1v) is 7.01. The van der Waals surface area contributed by atoms with E-state index in [1.165, 1.54) is 18.6 Å². The number of hydrogen-bond donors (Lipinski definition) is 0. The lowest BCUT2D eigenvalue weighted by Gasteiger charge is -2.12. The average molecular weight is 348 g/mol. The molecule has 1 aromatic rings. The van der Waals surface area contributed by atoms with Crippen LogP contribution < -0.4 is 0 Å². The fraction of sp³-hybridized carbons (Fsp3) is 0.500. The lowest BCUT2D eigenvalue weighted by molar-refractivity contribution is 0.193. The molecule has 1 aromatic carbocycles. The molecule has 2 nitrogen and oxygen atoms in total. The van der Waals surface area contributed by atoms with E-state index in [9.17, 15) is 4.39 Å². The Kier molecular flexibility index (Phi) is 5.25. The van der Waals surface area contributed by atoms with Gasteiger partial charge in [-0.3, -0.25) is 0 Å². The first kappa shape index (κ1) is 13.3. The van der Waals surface area contributed by atoms with Gasteiger partial charge in [-0.2, -0.15) is 0 Å². The predicted octanol–water partition coefficient (Wildman–Crippen LogP) is 3.64. The summed E-state index contributed by atoms with van der Waals surface area (Å²) in [6, 6.07) is 4.76. The van der Waals surface area contributed by atoms with Crippen molar-refractivity contribution in [3.05, 3.63) is 33.1 Å². The van der Waals surface area contributed by atoms with Crippen molar-refractivity contribution in [1.29, 1.82) is 0 Å². The van der Waals surface area contributed by atoms with Crippen LogP contribution in [0.4, 0.5) is 4.39 Å². The van der Waals surface area contributed by atoms with E-state index < -0.39 is 0 Å². The number of halogens is 2. The van der Waals surface area contributed by atoms with Crippen LogP contribution in [0.5, 0.6) is 0 Å². The standard InChI is InChI=1S/C12H15BFIO2/c14-11-4-5-12(15)10(8-11)9-17-13-6-2-1-3-7-16-13/h4-5,8H,1-3,6-7,9H2. The van der Waals surface area contributed by atoms with E-state index in [0.717, 1.165) is 34.9 Å². The Hall–Kier alpha value is -0.135. The van der Waals surface area contributed by atoms with Crippen molar-refractivity contribution in [2.24, 2.45) is 0 Å². The fourth-order valence-corrected chi connectivity index (χ4v) is 2.35. The van der Waals surface area contributed by atoms with Crippen LogP contribution in [0.15, 0.2) is 18.2 Å². The first-order valence-electron chi connectivity index (χ1n) is 5.93. The van der Waals surface area contributed by atoms with Crippen molar-refractivity contribution < 1.29 is 13.7 Å². The minimum atomic E-state index is -0.217. The van der Waals surface area contributed by atoms with Crippen LogP contribution in [0.1, 0.15) is 24.8 Å². The summed E-state index contributed by atoms with van der Waals surface area (Å²) in [5, 5.41) is 0. The summed E-state index contributed by atoms with van der Waals surface area (Å²) < 4.78 is 25.4. The Balaban J connectivity index is 1.89. The zero-order chi connectivity index (χ0) is 12.1. The zero-order valence-electron chi connectivity index (χ0n) is 9.62. The Morgan fingerprint density at radius 1 is 1.35 bits per heavy atom. The van der Waals surface area contributed by atoms with Crippen molar-refractivity contribution in [3.63, 3.8) is 0 Å². The maximum atomic E-state index is 13.1. The van der Waals surface area contributed by atoms with Gasteiger partial charge in [-0.05, 0) is 59.1 Å². The van der Waals surface area contributed by atoms with E-state index in [4.69, 9.17) is 9.31 Å². The SMILES string of the molecule is Fc1ccc(I)c(COB2CCCCCO2)c1. The number of benzene rings is 1. The van der Waals surface area contributed by atoms with Gasteiger partial charge in [-0.1, -0.05) is 12.8 Å². The quantitative estimate of drug-likeness (QED) is 0.614. The molecule has 0 N–H and O–H groups in total. The van der Waals surface area contributed by atoms with Gasteiger partial charge in [0.2, 0.25) is 0 Å². The number of hydrogen-bond acceptors (Lipinski definition) is 2. The highest BCUT2D eigenvalue weighted by molar-refractivity contribution is 14.1. The van der Waals surface area contributed by atoms with Gasteiger partial charge in [-0.25, -0.2) is 4.39 Å². The summed E-state index contributed by atoms with van der Waals surface area (Å²) in [6.07, 6.45) is 4.39. The van der Waals surface area contributed by atoms with Crippen LogP contribution in [-0.2, 0) is 15.9 Å². The van der Waals surface area contributed by atoms with Crippen molar-refractivity contribution in [1.82, 2.24) is 0 Å². The summed E-state index contributed by atoms with van der Waals surface area (Å²) in [4.78, 5) is 0. The van der Waals surface area contributed by atoms with Crippen LogP contribution in [-0.4, -0.2) is 13.7 Å². The highest BCUT2D eigenvalue weighted by Gasteiger charge is 2.20. The summed E-state index contributed by atoms with van der Waals surface area (Å²) >= 11 is 2.19. The van der Waals surface area contributed by atoms with E-state index in [0.29, 0.717) is 6.61 Å². The van der Waals surface area contributed by atoms with Gasteiger partial charge in [-0.15, -0.1) is 0 Å². The third kappa shape index (κ3) is 4.23. The van der Waals surface area contributed by atoms with E-state index in [-0.39, 0.29) is 12.9 Å². The van der Waals surface area contributed by atoms with Gasteiger partial charge in [0.25, 0.3) is 0 Å². The van der Waals surface area contributed by atoms with Gasteiger partial charge in [0.05, 0.1) is 6.61 Å². The van der Waals surface area contributed by atoms with E-state index >= 15 is 0 Å². The average Bonchev–Trinajstić information content (AvgIpc) is 2.59. The summed E-state index contributed by atoms with van der Waals surface area (Å²) in [5.41, 5.74) is 0.887. The lowest BCUT2D eigenvalue weighted by atomic mass is 9.83. The van der Waals surface area contributed by atoms with Gasteiger partial charge in [0, 0.05) is 10.2 Å². The molecule has 0 radical (unpaired) electrons. The van der Waals surface area contributed by atoms with Crippen molar-refractivity contribution in [3.8, 4) is 0 Å². The van der Waals surface area contributed by atoms with E-state index in [1.807, 2.05) is 0 Å². The molecule has 0 atom stereocenters. The van der Waals surface area contributed by atoms with E-state index in [1.54, 1.807) is 6.07 Å². The molecule has 17 heavy (non-hydrogen) atoms. The van der Waals surface area contributed by atoms with E-state index in [2.05, 4.69) is 22.6 Å². The molecule has 0 saturated carbocycles. The molecule has 0 aliphatic carbocycles. The molecular formula is C12H15BFIO2. The molecule has 0 spiro atoms. The molecule has 0 unspecified atom stereocenters. The molecule has 1 aliphatic rings. The van der Waals surface area contributed by atoms with Crippen molar-refractivity contribution >= 4 is 29.7 Å². The monoisotopic (exact) mass is 348 g/mol. The van der Waals surface area contributed by atoms with Gasteiger partial charge in [0.1, 0.15) is 5.82 Å². The second-order valence-corrected chi connectivity index (χ2v) is 5.36. The second-order valence-electron chi connectivity index (χ2n) is 4.20. The Labute approximate surface area is 115 Å². The largest absolute Gasteiger partial charge is 0.457 e. The third-order valence-electron chi connectivity index (χ3n) is 2.82. The lowest BCUT2D eigenvalue weighted by Crippen LogP contribution is -2.21. The molecule has 5 heteroatoms. The first-order chi connectivity index (χ1) is 8.25. The molecule has 0 bridgehead atoms. The summed E-state index contributed by atoms with van der Waals surface area (Å²) in [7, 11) is -0.128. The normalized spacial score (nSPS) is 16.9. The van der Waals surface area contributed by atoms with Gasteiger partial charge < -0.3 is 9.31 Å². The van der Waals surface area contributed by atoms with Crippen molar-refractivity contribution in [2.75, 3.05) is 6.61 Å². The highest BCUT2D eigenvalue weighted by atomic mass is 127.